The molecule has 0 saturated heterocycles. The summed E-state index contributed by atoms with van der Waals surface area (Å²) in [7, 11) is 0. The maximum absolute atomic E-state index is 13.4. The number of hydrogen-bond acceptors (Lipinski definition) is 2. The fraction of sp³-hybridized carbons (Fsp3) is 0.567. The van der Waals surface area contributed by atoms with Gasteiger partial charge in [-0.3, -0.25) is 4.79 Å². The van der Waals surface area contributed by atoms with Gasteiger partial charge in [-0.1, -0.05) is 134 Å². The summed E-state index contributed by atoms with van der Waals surface area (Å²) < 4.78 is 0. The summed E-state index contributed by atoms with van der Waals surface area (Å²) in [6.45, 7) is 8.56. The molecule has 176 valence electrons. The summed E-state index contributed by atoms with van der Waals surface area (Å²) in [6, 6.07) is 15.4. The van der Waals surface area contributed by atoms with Gasteiger partial charge in [0, 0.05) is 11.5 Å². The van der Waals surface area contributed by atoms with Crippen molar-refractivity contribution in [3.05, 3.63) is 65.2 Å². The van der Waals surface area contributed by atoms with Gasteiger partial charge in [-0.25, -0.2) is 0 Å². The molecule has 2 heteroatoms. The number of phenols is 1. The highest BCUT2D eigenvalue weighted by Gasteiger charge is 2.25. The molecule has 1 unspecified atom stereocenters. The van der Waals surface area contributed by atoms with Gasteiger partial charge in [0.15, 0.2) is 5.78 Å². The van der Waals surface area contributed by atoms with E-state index in [4.69, 9.17) is 0 Å². The van der Waals surface area contributed by atoms with Crippen molar-refractivity contribution in [2.75, 3.05) is 0 Å². The van der Waals surface area contributed by atoms with Gasteiger partial charge in [0.2, 0.25) is 0 Å². The first-order valence-electron chi connectivity index (χ1n) is 12.8. The smallest absolute Gasteiger partial charge is 0.170 e. The molecule has 0 radical (unpaired) electrons. The van der Waals surface area contributed by atoms with Crippen molar-refractivity contribution in [3.63, 3.8) is 0 Å². The van der Waals surface area contributed by atoms with Crippen LogP contribution in [0.1, 0.15) is 126 Å². The third-order valence-electron chi connectivity index (χ3n) is 6.45. The van der Waals surface area contributed by atoms with Crippen LogP contribution in [0.5, 0.6) is 5.75 Å². The van der Waals surface area contributed by atoms with Crippen molar-refractivity contribution in [1.82, 2.24) is 0 Å². The molecule has 2 aromatic rings. The molecular weight excluding hydrogens is 392 g/mol. The lowest BCUT2D eigenvalue weighted by molar-refractivity contribution is 0.0953. The van der Waals surface area contributed by atoms with Gasteiger partial charge in [-0.2, -0.15) is 0 Å². The van der Waals surface area contributed by atoms with E-state index in [-0.39, 0.29) is 17.1 Å². The average molecular weight is 437 g/mol. The van der Waals surface area contributed by atoms with Crippen LogP contribution in [0.3, 0.4) is 0 Å². The summed E-state index contributed by atoms with van der Waals surface area (Å²) in [4.78, 5) is 13.4. The second-order valence-electron chi connectivity index (χ2n) is 10.3. The molecule has 0 spiro atoms. The summed E-state index contributed by atoms with van der Waals surface area (Å²) in [5.74, 6) is 0.339. The number of unbranched alkanes of at least 4 members (excludes halogenated alkanes) is 9. The van der Waals surface area contributed by atoms with E-state index in [1.165, 1.54) is 57.8 Å². The first-order chi connectivity index (χ1) is 15.3. The first kappa shape index (κ1) is 26.2. The van der Waals surface area contributed by atoms with Gasteiger partial charge in [-0.05, 0) is 29.0 Å². The second-order valence-corrected chi connectivity index (χ2v) is 10.3. The van der Waals surface area contributed by atoms with E-state index in [9.17, 15) is 9.90 Å². The molecule has 0 fully saturated rings. The molecule has 0 bridgehead atoms. The van der Waals surface area contributed by atoms with Gasteiger partial charge >= 0.3 is 0 Å². The zero-order valence-electron chi connectivity index (χ0n) is 20.8. The third kappa shape index (κ3) is 8.45. The number of hydrogen-bond donors (Lipinski definition) is 1. The molecule has 2 aromatic carbocycles. The van der Waals surface area contributed by atoms with Crippen LogP contribution < -0.4 is 0 Å². The molecule has 1 atom stereocenters. The monoisotopic (exact) mass is 436 g/mol. The van der Waals surface area contributed by atoms with E-state index >= 15 is 0 Å². The minimum atomic E-state index is -0.169. The Morgan fingerprint density at radius 3 is 1.94 bits per heavy atom. The molecule has 0 aliphatic carbocycles. The van der Waals surface area contributed by atoms with Gasteiger partial charge in [0.25, 0.3) is 0 Å². The lowest BCUT2D eigenvalue weighted by Crippen LogP contribution is -2.16. The zero-order chi connectivity index (χ0) is 23.4. The van der Waals surface area contributed by atoms with E-state index in [1.807, 2.05) is 36.4 Å². The highest BCUT2D eigenvalue weighted by atomic mass is 16.3. The van der Waals surface area contributed by atoms with E-state index in [0.717, 1.165) is 29.5 Å². The standard InChI is InChI=1S/C30H44O2/c1-5-6-7-8-9-10-11-12-13-17-20-26(29(32)24-18-15-14-16-19-24)25-21-22-28(31)27(23-25)30(2,3)4/h14-16,18-19,21-23,26,31H,5-13,17,20H2,1-4H3. The highest BCUT2D eigenvalue weighted by Crippen LogP contribution is 2.35. The Balaban J connectivity index is 2.00. The number of carbonyl (C=O) groups excluding carboxylic acids is 1. The molecule has 0 saturated carbocycles. The number of ketones is 1. The van der Waals surface area contributed by atoms with E-state index < -0.39 is 0 Å². The van der Waals surface area contributed by atoms with Gasteiger partial charge in [0.05, 0.1) is 0 Å². The SMILES string of the molecule is CCCCCCCCCCCCC(C(=O)c1ccccc1)c1ccc(O)c(C(C)(C)C)c1. The normalized spacial score (nSPS) is 12.6. The van der Waals surface area contributed by atoms with Crippen LogP contribution in [0, 0.1) is 0 Å². The Morgan fingerprint density at radius 1 is 0.812 bits per heavy atom. The van der Waals surface area contributed by atoms with Gasteiger partial charge in [-0.15, -0.1) is 0 Å². The fourth-order valence-electron chi connectivity index (χ4n) is 4.46. The molecule has 1 N–H and O–H groups in total. The van der Waals surface area contributed by atoms with E-state index in [0.29, 0.717) is 5.75 Å². The maximum atomic E-state index is 13.4. The van der Waals surface area contributed by atoms with Crippen LogP contribution >= 0.6 is 0 Å². The Kier molecular flexibility index (Phi) is 11.0. The predicted octanol–water partition coefficient (Wildman–Crippen LogP) is 8.97. The lowest BCUT2D eigenvalue weighted by Gasteiger charge is -2.24. The van der Waals surface area contributed by atoms with Crippen LogP contribution in [0.4, 0.5) is 0 Å². The summed E-state index contributed by atoms with van der Waals surface area (Å²) in [5, 5.41) is 10.4. The number of benzene rings is 2. The molecule has 0 aromatic heterocycles. The highest BCUT2D eigenvalue weighted by molar-refractivity contribution is 6.01. The van der Waals surface area contributed by atoms with Gasteiger partial charge in [0.1, 0.15) is 5.75 Å². The quantitative estimate of drug-likeness (QED) is 0.237. The van der Waals surface area contributed by atoms with Crippen LogP contribution in [0.2, 0.25) is 0 Å². The van der Waals surface area contributed by atoms with Crippen molar-refractivity contribution >= 4 is 5.78 Å². The largest absolute Gasteiger partial charge is 0.508 e. The zero-order valence-corrected chi connectivity index (χ0v) is 20.8. The van der Waals surface area contributed by atoms with Crippen molar-refractivity contribution in [2.45, 2.75) is 110 Å². The first-order valence-corrected chi connectivity index (χ1v) is 12.8. The average Bonchev–Trinajstić information content (AvgIpc) is 2.77. The topological polar surface area (TPSA) is 37.3 Å². The second kappa shape index (κ2) is 13.5. The number of phenolic OH excluding ortho intramolecular Hbond substituents is 1. The number of rotatable bonds is 14. The molecule has 0 aliphatic rings. The Labute approximate surface area is 196 Å². The van der Waals surface area contributed by atoms with Crippen molar-refractivity contribution in [3.8, 4) is 5.75 Å². The Hall–Kier alpha value is -2.09. The number of carbonyl (C=O) groups is 1. The van der Waals surface area contributed by atoms with Crippen LogP contribution in [0.15, 0.2) is 48.5 Å². The summed E-state index contributed by atoms with van der Waals surface area (Å²) in [6.07, 6.45) is 13.8. The Bertz CT molecular complexity index is 801. The molecule has 0 amide bonds. The third-order valence-corrected chi connectivity index (χ3v) is 6.45. The predicted molar refractivity (Wildman–Crippen MR) is 137 cm³/mol. The molecule has 32 heavy (non-hydrogen) atoms. The number of aromatic hydroxyl groups is 1. The van der Waals surface area contributed by atoms with Crippen LogP contribution in [0.25, 0.3) is 0 Å². The van der Waals surface area contributed by atoms with Crippen molar-refractivity contribution in [2.24, 2.45) is 0 Å². The van der Waals surface area contributed by atoms with Crippen molar-refractivity contribution in [1.29, 1.82) is 0 Å². The van der Waals surface area contributed by atoms with E-state index in [2.05, 4.69) is 33.8 Å². The molecular formula is C30H44O2. The van der Waals surface area contributed by atoms with E-state index in [1.54, 1.807) is 6.07 Å². The summed E-state index contributed by atoms with van der Waals surface area (Å²) >= 11 is 0. The molecule has 0 aliphatic heterocycles. The lowest BCUT2D eigenvalue weighted by atomic mass is 9.81. The Morgan fingerprint density at radius 2 is 1.38 bits per heavy atom. The summed E-state index contributed by atoms with van der Waals surface area (Å²) in [5.41, 5.74) is 2.54. The van der Waals surface area contributed by atoms with Gasteiger partial charge < -0.3 is 5.11 Å². The van der Waals surface area contributed by atoms with Crippen LogP contribution in [-0.4, -0.2) is 10.9 Å². The molecule has 2 rings (SSSR count). The minimum absolute atomic E-state index is 0.159. The molecule has 0 heterocycles. The minimum Gasteiger partial charge on any atom is -0.508 e. The van der Waals surface area contributed by atoms with Crippen LogP contribution in [-0.2, 0) is 5.41 Å². The maximum Gasteiger partial charge on any atom is 0.170 e. The molecule has 2 nitrogen and oxygen atoms in total. The fourth-order valence-corrected chi connectivity index (χ4v) is 4.46. The van der Waals surface area contributed by atoms with Crippen molar-refractivity contribution < 1.29 is 9.90 Å². The number of Topliss-reactive ketones (excluding diaryl/α,β-unsaturated/α-hetero) is 1.